The normalized spacial score (nSPS) is 16.6. The van der Waals surface area contributed by atoms with Gasteiger partial charge in [0.1, 0.15) is 6.54 Å². The summed E-state index contributed by atoms with van der Waals surface area (Å²) in [6.45, 7) is 12.2. The molecule has 0 unspecified atom stereocenters. The van der Waals surface area contributed by atoms with Gasteiger partial charge in [-0.15, -0.1) is 0 Å². The first kappa shape index (κ1) is 23.7. The van der Waals surface area contributed by atoms with Gasteiger partial charge in [0.05, 0.1) is 11.9 Å². The summed E-state index contributed by atoms with van der Waals surface area (Å²) in [6, 6.07) is 7.38. The monoisotopic (exact) mass is 423 g/mol. The summed E-state index contributed by atoms with van der Waals surface area (Å²) in [6.07, 6.45) is 4.49. The summed E-state index contributed by atoms with van der Waals surface area (Å²) in [4.78, 5) is 14.8. The van der Waals surface area contributed by atoms with Crippen molar-refractivity contribution in [3.63, 3.8) is 0 Å². The molecule has 1 aliphatic rings. The van der Waals surface area contributed by atoms with Crippen molar-refractivity contribution in [1.82, 2.24) is 10.2 Å². The Kier molecular flexibility index (Phi) is 8.11. The van der Waals surface area contributed by atoms with Crippen molar-refractivity contribution in [2.75, 3.05) is 43.3 Å². The number of hydrogen-bond acceptors (Lipinski definition) is 4. The predicted octanol–water partition coefficient (Wildman–Crippen LogP) is 2.99. The Morgan fingerprint density at radius 3 is 2.28 bits per heavy atom. The molecule has 0 radical (unpaired) electrons. The van der Waals surface area contributed by atoms with Gasteiger partial charge in [0.15, 0.2) is 0 Å². The fraction of sp³-hybridized carbons (Fsp3) is 0.682. The van der Waals surface area contributed by atoms with Crippen LogP contribution >= 0.6 is 0 Å². The minimum atomic E-state index is -3.55. The highest BCUT2D eigenvalue weighted by molar-refractivity contribution is 7.92. The number of rotatable bonds is 8. The Morgan fingerprint density at radius 1 is 1.17 bits per heavy atom. The van der Waals surface area contributed by atoms with Crippen LogP contribution in [0.5, 0.6) is 0 Å². The van der Waals surface area contributed by atoms with Crippen LogP contribution in [0.4, 0.5) is 5.69 Å². The minimum absolute atomic E-state index is 0.0157. The molecule has 0 spiro atoms. The van der Waals surface area contributed by atoms with E-state index in [-0.39, 0.29) is 17.9 Å². The molecule has 1 aliphatic heterocycles. The Labute approximate surface area is 176 Å². The van der Waals surface area contributed by atoms with Crippen LogP contribution in [0.1, 0.15) is 52.5 Å². The van der Waals surface area contributed by atoms with Gasteiger partial charge in [0.2, 0.25) is 15.9 Å². The number of anilines is 1. The van der Waals surface area contributed by atoms with E-state index >= 15 is 0 Å². The van der Waals surface area contributed by atoms with Gasteiger partial charge in [0, 0.05) is 6.54 Å². The van der Waals surface area contributed by atoms with Crippen LogP contribution in [0.15, 0.2) is 24.3 Å². The number of nitrogens with zero attached hydrogens (tertiary/aromatic N) is 2. The zero-order chi connectivity index (χ0) is 21.7. The molecule has 0 atom stereocenters. The number of benzene rings is 1. The van der Waals surface area contributed by atoms with Gasteiger partial charge in [-0.3, -0.25) is 9.10 Å². The highest BCUT2D eigenvalue weighted by atomic mass is 32.2. The van der Waals surface area contributed by atoms with E-state index in [1.54, 1.807) is 12.1 Å². The van der Waals surface area contributed by atoms with Crippen LogP contribution in [0.25, 0.3) is 0 Å². The first-order valence-electron chi connectivity index (χ1n) is 10.5. The van der Waals surface area contributed by atoms with E-state index in [0.717, 1.165) is 43.8 Å². The zero-order valence-corrected chi connectivity index (χ0v) is 19.4. The molecule has 1 amide bonds. The molecule has 0 saturated carbocycles. The van der Waals surface area contributed by atoms with Crippen LogP contribution < -0.4 is 9.62 Å². The molecule has 1 N–H and O–H groups in total. The number of nitrogens with one attached hydrogen (secondary N) is 1. The number of carbonyl (C=O) groups excluding carboxylic acids is 1. The van der Waals surface area contributed by atoms with Gasteiger partial charge in [-0.1, -0.05) is 39.8 Å². The molecular weight excluding hydrogens is 386 g/mol. The van der Waals surface area contributed by atoms with Crippen LogP contribution in [0.2, 0.25) is 0 Å². The zero-order valence-electron chi connectivity index (χ0n) is 18.6. The molecule has 1 saturated heterocycles. The van der Waals surface area contributed by atoms with Crippen molar-refractivity contribution >= 4 is 21.6 Å². The average Bonchev–Trinajstić information content (AvgIpc) is 2.63. The predicted molar refractivity (Wildman–Crippen MR) is 120 cm³/mol. The molecule has 0 aromatic heterocycles. The number of sulfonamides is 1. The largest absolute Gasteiger partial charge is 0.354 e. The summed E-state index contributed by atoms with van der Waals surface area (Å²) in [5.74, 6) is 0.535. The van der Waals surface area contributed by atoms with Gasteiger partial charge in [-0.2, -0.15) is 0 Å². The lowest BCUT2D eigenvalue weighted by Crippen LogP contribution is -2.41. The van der Waals surface area contributed by atoms with Crippen LogP contribution in [-0.4, -0.2) is 58.2 Å². The molecule has 2 rings (SSSR count). The second-order valence-corrected chi connectivity index (χ2v) is 11.2. The number of hydrogen-bond donors (Lipinski definition) is 1. The highest BCUT2D eigenvalue weighted by Crippen LogP contribution is 2.25. The van der Waals surface area contributed by atoms with Crippen molar-refractivity contribution in [3.05, 3.63) is 29.8 Å². The van der Waals surface area contributed by atoms with E-state index in [0.29, 0.717) is 12.2 Å². The SMILES string of the molecule is CC1CCN(CCCNC(=O)CN(c2ccc(C(C)(C)C)cc2)S(C)(=O)=O)CC1. The van der Waals surface area contributed by atoms with E-state index < -0.39 is 10.0 Å². The average molecular weight is 424 g/mol. The van der Waals surface area contributed by atoms with E-state index in [1.807, 2.05) is 12.1 Å². The fourth-order valence-corrected chi connectivity index (χ4v) is 4.39. The van der Waals surface area contributed by atoms with Crippen LogP contribution in [-0.2, 0) is 20.2 Å². The van der Waals surface area contributed by atoms with E-state index in [2.05, 4.69) is 37.9 Å². The quantitative estimate of drug-likeness (QED) is 0.653. The first-order valence-corrected chi connectivity index (χ1v) is 12.4. The Hall–Kier alpha value is -1.60. The molecule has 7 heteroatoms. The molecule has 0 bridgehead atoms. The standard InChI is InChI=1S/C22H37N3O3S/c1-18-11-15-24(16-12-18)14-6-13-23-21(26)17-25(29(5,27)28)20-9-7-19(8-10-20)22(2,3)4/h7-10,18H,6,11-17H2,1-5H3,(H,23,26). The van der Waals surface area contributed by atoms with E-state index in [1.165, 1.54) is 17.1 Å². The third-order valence-corrected chi connectivity index (χ3v) is 6.70. The molecule has 1 heterocycles. The summed E-state index contributed by atoms with van der Waals surface area (Å²) < 4.78 is 25.7. The van der Waals surface area contributed by atoms with Crippen molar-refractivity contribution in [2.24, 2.45) is 5.92 Å². The van der Waals surface area contributed by atoms with Crippen molar-refractivity contribution in [3.8, 4) is 0 Å². The topological polar surface area (TPSA) is 69.7 Å². The molecule has 164 valence electrons. The van der Waals surface area contributed by atoms with Crippen molar-refractivity contribution < 1.29 is 13.2 Å². The molecule has 1 fully saturated rings. The summed E-state index contributed by atoms with van der Waals surface area (Å²) in [5.41, 5.74) is 1.61. The number of piperidine rings is 1. The molecule has 29 heavy (non-hydrogen) atoms. The van der Waals surface area contributed by atoms with Gasteiger partial charge >= 0.3 is 0 Å². The third-order valence-electron chi connectivity index (χ3n) is 5.56. The van der Waals surface area contributed by atoms with Gasteiger partial charge in [-0.25, -0.2) is 8.42 Å². The van der Waals surface area contributed by atoms with Crippen LogP contribution in [0, 0.1) is 5.92 Å². The first-order chi connectivity index (χ1) is 13.5. The maximum absolute atomic E-state index is 12.4. The number of likely N-dealkylation sites (tertiary alicyclic amines) is 1. The third kappa shape index (κ3) is 7.63. The Bertz CT molecular complexity index is 761. The van der Waals surface area contributed by atoms with Crippen LogP contribution in [0.3, 0.4) is 0 Å². The summed E-state index contributed by atoms with van der Waals surface area (Å²) in [7, 11) is -3.55. The van der Waals surface area contributed by atoms with Gasteiger partial charge < -0.3 is 10.2 Å². The van der Waals surface area contributed by atoms with Gasteiger partial charge in [0.25, 0.3) is 0 Å². The number of carbonyl (C=O) groups is 1. The lowest BCUT2D eigenvalue weighted by atomic mass is 9.87. The Morgan fingerprint density at radius 2 is 1.76 bits per heavy atom. The molecular formula is C22H37N3O3S. The summed E-state index contributed by atoms with van der Waals surface area (Å²) >= 11 is 0. The maximum Gasteiger partial charge on any atom is 0.240 e. The lowest BCUT2D eigenvalue weighted by molar-refractivity contribution is -0.119. The fourth-order valence-electron chi connectivity index (χ4n) is 3.53. The van der Waals surface area contributed by atoms with E-state index in [4.69, 9.17) is 0 Å². The van der Waals surface area contributed by atoms with Crippen molar-refractivity contribution in [1.29, 1.82) is 0 Å². The second-order valence-electron chi connectivity index (χ2n) is 9.29. The molecule has 0 aliphatic carbocycles. The highest BCUT2D eigenvalue weighted by Gasteiger charge is 2.22. The Balaban J connectivity index is 1.87. The number of amides is 1. The molecule has 1 aromatic carbocycles. The minimum Gasteiger partial charge on any atom is -0.354 e. The van der Waals surface area contributed by atoms with Crippen molar-refractivity contribution in [2.45, 2.75) is 52.4 Å². The maximum atomic E-state index is 12.4. The lowest BCUT2D eigenvalue weighted by Gasteiger charge is -2.30. The van der Waals surface area contributed by atoms with E-state index in [9.17, 15) is 13.2 Å². The molecule has 6 nitrogen and oxygen atoms in total. The summed E-state index contributed by atoms with van der Waals surface area (Å²) in [5, 5.41) is 2.87. The molecule has 1 aromatic rings. The smallest absolute Gasteiger partial charge is 0.240 e. The van der Waals surface area contributed by atoms with Gasteiger partial charge in [-0.05, 0) is 67.9 Å². The second kappa shape index (κ2) is 9.94.